The summed E-state index contributed by atoms with van der Waals surface area (Å²) < 4.78 is 21.1. The molecule has 0 saturated carbocycles. The summed E-state index contributed by atoms with van der Waals surface area (Å²) in [5.41, 5.74) is 1.82. The number of alkyl carbamates (subject to hydrolysis) is 1. The normalized spacial score (nSPS) is 11.3. The Morgan fingerprint density at radius 3 is 2.50 bits per heavy atom. The van der Waals surface area contributed by atoms with E-state index in [1.165, 1.54) is 0 Å². The average Bonchev–Trinajstić information content (AvgIpc) is 2.81. The van der Waals surface area contributed by atoms with Crippen molar-refractivity contribution in [3.05, 3.63) is 59.7 Å². The van der Waals surface area contributed by atoms with Gasteiger partial charge in [-0.1, -0.05) is 36.4 Å². The Hall–Kier alpha value is -3.26. The molecule has 0 saturated heterocycles. The third-order valence-electron chi connectivity index (χ3n) is 4.67. The summed E-state index contributed by atoms with van der Waals surface area (Å²) in [5.74, 6) is 1.12. The number of carbonyl (C=O) groups excluding carboxylic acids is 2. The topological polar surface area (TPSA) is 95.1 Å². The van der Waals surface area contributed by atoms with Crippen LogP contribution < -0.4 is 20.1 Å². The Labute approximate surface area is 189 Å². The van der Waals surface area contributed by atoms with Gasteiger partial charge in [0.25, 0.3) is 0 Å². The molecule has 32 heavy (non-hydrogen) atoms. The van der Waals surface area contributed by atoms with Crippen LogP contribution in [-0.2, 0) is 20.9 Å². The quantitative estimate of drug-likeness (QED) is 0.459. The van der Waals surface area contributed by atoms with E-state index in [1.807, 2.05) is 55.5 Å². The molecule has 0 spiro atoms. The molecule has 0 heterocycles. The van der Waals surface area contributed by atoms with Gasteiger partial charge in [-0.05, 0) is 36.6 Å². The first-order valence-electron chi connectivity index (χ1n) is 10.6. The van der Waals surface area contributed by atoms with E-state index in [1.54, 1.807) is 14.2 Å². The van der Waals surface area contributed by atoms with Crippen LogP contribution in [0.15, 0.2) is 48.5 Å². The van der Waals surface area contributed by atoms with Crippen molar-refractivity contribution in [1.29, 1.82) is 0 Å². The van der Waals surface area contributed by atoms with Crippen molar-refractivity contribution in [2.24, 2.45) is 0 Å². The van der Waals surface area contributed by atoms with Gasteiger partial charge in [-0.15, -0.1) is 0 Å². The Bertz CT molecular complexity index is 844. The maximum Gasteiger partial charge on any atom is 0.407 e. The molecule has 8 nitrogen and oxygen atoms in total. The van der Waals surface area contributed by atoms with Gasteiger partial charge in [0.05, 0.1) is 19.8 Å². The minimum atomic E-state index is -0.498. The zero-order valence-corrected chi connectivity index (χ0v) is 18.9. The van der Waals surface area contributed by atoms with E-state index >= 15 is 0 Å². The van der Waals surface area contributed by atoms with Crippen molar-refractivity contribution in [3.8, 4) is 11.5 Å². The van der Waals surface area contributed by atoms with Gasteiger partial charge >= 0.3 is 6.09 Å². The second-order valence-corrected chi connectivity index (χ2v) is 7.13. The van der Waals surface area contributed by atoms with Crippen molar-refractivity contribution >= 4 is 12.0 Å². The van der Waals surface area contributed by atoms with Crippen LogP contribution in [0.1, 0.15) is 36.9 Å². The first-order chi connectivity index (χ1) is 15.5. The number of rotatable bonds is 13. The summed E-state index contributed by atoms with van der Waals surface area (Å²) in [6.45, 7) is 3.38. The number of benzene rings is 2. The van der Waals surface area contributed by atoms with Crippen LogP contribution in [0.2, 0.25) is 0 Å². The van der Waals surface area contributed by atoms with Gasteiger partial charge < -0.3 is 29.6 Å². The van der Waals surface area contributed by atoms with Gasteiger partial charge in [0.1, 0.15) is 13.2 Å². The van der Waals surface area contributed by atoms with Crippen molar-refractivity contribution < 1.29 is 28.5 Å². The van der Waals surface area contributed by atoms with Crippen LogP contribution in [0.25, 0.3) is 0 Å². The van der Waals surface area contributed by atoms with Crippen molar-refractivity contribution in [2.45, 2.75) is 32.4 Å². The van der Waals surface area contributed by atoms with Crippen LogP contribution in [0, 0.1) is 0 Å². The molecule has 1 atom stereocenters. The van der Waals surface area contributed by atoms with Gasteiger partial charge in [-0.25, -0.2) is 4.79 Å². The molecular formula is C24H32N2O6. The standard InChI is InChI=1S/C24H32N2O6/c1-18(20-11-12-21(22(16-20)30-3)31-15-14-29-2)26-23(27)10-7-13-25-24(28)32-17-19-8-5-4-6-9-19/h4-6,8-9,11-12,16,18H,7,10,13-15,17H2,1-3H3,(H,25,28)(H,26,27). The van der Waals surface area contributed by atoms with Crippen LogP contribution in [0.5, 0.6) is 11.5 Å². The molecule has 2 N–H and O–H groups in total. The van der Waals surface area contributed by atoms with Crippen molar-refractivity contribution in [1.82, 2.24) is 10.6 Å². The van der Waals surface area contributed by atoms with E-state index in [-0.39, 0.29) is 18.6 Å². The monoisotopic (exact) mass is 444 g/mol. The fraction of sp³-hybridized carbons (Fsp3) is 0.417. The average molecular weight is 445 g/mol. The molecule has 0 bridgehead atoms. The van der Waals surface area contributed by atoms with Crippen LogP contribution in [0.4, 0.5) is 4.79 Å². The van der Waals surface area contributed by atoms with Crippen molar-refractivity contribution in [3.63, 3.8) is 0 Å². The number of hydrogen-bond donors (Lipinski definition) is 2. The number of carbonyl (C=O) groups is 2. The van der Waals surface area contributed by atoms with Gasteiger partial charge in [-0.2, -0.15) is 0 Å². The fourth-order valence-corrected chi connectivity index (χ4v) is 2.92. The molecule has 2 amide bonds. The molecule has 0 aliphatic rings. The van der Waals surface area contributed by atoms with Gasteiger partial charge in [-0.3, -0.25) is 4.79 Å². The zero-order valence-electron chi connectivity index (χ0n) is 18.9. The maximum absolute atomic E-state index is 12.3. The summed E-state index contributed by atoms with van der Waals surface area (Å²) >= 11 is 0. The lowest BCUT2D eigenvalue weighted by molar-refractivity contribution is -0.121. The summed E-state index contributed by atoms with van der Waals surface area (Å²) in [5, 5.41) is 5.61. The van der Waals surface area contributed by atoms with E-state index in [9.17, 15) is 9.59 Å². The predicted molar refractivity (Wildman–Crippen MR) is 121 cm³/mol. The molecule has 0 radical (unpaired) electrons. The third kappa shape index (κ3) is 8.85. The van der Waals surface area contributed by atoms with Crippen LogP contribution >= 0.6 is 0 Å². The zero-order chi connectivity index (χ0) is 23.2. The molecule has 2 aromatic carbocycles. The Balaban J connectivity index is 1.69. The molecular weight excluding hydrogens is 412 g/mol. The lowest BCUT2D eigenvalue weighted by atomic mass is 10.1. The van der Waals surface area contributed by atoms with E-state index < -0.39 is 6.09 Å². The van der Waals surface area contributed by atoms with E-state index in [0.29, 0.717) is 44.1 Å². The lowest BCUT2D eigenvalue weighted by Gasteiger charge is -2.17. The second kappa shape index (κ2) is 13.9. The van der Waals surface area contributed by atoms with E-state index in [0.717, 1.165) is 11.1 Å². The fourth-order valence-electron chi connectivity index (χ4n) is 2.92. The van der Waals surface area contributed by atoms with Gasteiger partial charge in [0, 0.05) is 20.1 Å². The van der Waals surface area contributed by atoms with E-state index in [2.05, 4.69) is 10.6 Å². The largest absolute Gasteiger partial charge is 0.493 e. The van der Waals surface area contributed by atoms with Crippen LogP contribution in [-0.4, -0.2) is 46.0 Å². The molecule has 1 unspecified atom stereocenters. The minimum Gasteiger partial charge on any atom is -0.493 e. The Morgan fingerprint density at radius 2 is 1.78 bits per heavy atom. The van der Waals surface area contributed by atoms with Crippen molar-refractivity contribution in [2.75, 3.05) is 34.0 Å². The summed E-state index contributed by atoms with van der Waals surface area (Å²) in [6.07, 6.45) is 0.301. The summed E-state index contributed by atoms with van der Waals surface area (Å²) in [4.78, 5) is 24.0. The highest BCUT2D eigenvalue weighted by Gasteiger charge is 2.13. The Morgan fingerprint density at radius 1 is 1.00 bits per heavy atom. The van der Waals surface area contributed by atoms with E-state index in [4.69, 9.17) is 18.9 Å². The smallest absolute Gasteiger partial charge is 0.407 e. The summed E-state index contributed by atoms with van der Waals surface area (Å²) in [6, 6.07) is 14.8. The SMILES string of the molecule is COCCOc1ccc(C(C)NC(=O)CCCNC(=O)OCc2ccccc2)cc1OC. The lowest BCUT2D eigenvalue weighted by Crippen LogP contribution is -2.29. The molecule has 2 rings (SSSR count). The first kappa shape index (κ1) is 25.0. The third-order valence-corrected chi connectivity index (χ3v) is 4.67. The first-order valence-corrected chi connectivity index (χ1v) is 10.6. The van der Waals surface area contributed by atoms with Gasteiger partial charge in [0.2, 0.25) is 5.91 Å². The number of nitrogens with one attached hydrogen (secondary N) is 2. The number of amides is 2. The maximum atomic E-state index is 12.3. The molecule has 174 valence electrons. The highest BCUT2D eigenvalue weighted by molar-refractivity contribution is 5.76. The van der Waals surface area contributed by atoms with Gasteiger partial charge in [0.15, 0.2) is 11.5 Å². The number of ether oxygens (including phenoxy) is 4. The summed E-state index contributed by atoms with van der Waals surface area (Å²) in [7, 11) is 3.19. The molecule has 0 aliphatic heterocycles. The highest BCUT2D eigenvalue weighted by Crippen LogP contribution is 2.30. The molecule has 2 aromatic rings. The predicted octanol–water partition coefficient (Wildman–Crippen LogP) is 3.60. The molecule has 0 aromatic heterocycles. The molecule has 0 fully saturated rings. The van der Waals surface area contributed by atoms with Crippen LogP contribution in [0.3, 0.4) is 0 Å². The highest BCUT2D eigenvalue weighted by atomic mass is 16.5. The molecule has 8 heteroatoms. The number of methoxy groups -OCH3 is 2. The minimum absolute atomic E-state index is 0.101. The number of hydrogen-bond acceptors (Lipinski definition) is 6. The second-order valence-electron chi connectivity index (χ2n) is 7.13. The molecule has 0 aliphatic carbocycles. The Kier molecular flexibility index (Phi) is 10.9.